The zero-order valence-corrected chi connectivity index (χ0v) is 18.8. The molecule has 0 radical (unpaired) electrons. The summed E-state index contributed by atoms with van der Waals surface area (Å²) in [6, 6.07) is 3.73. The molecule has 8 nitrogen and oxygen atoms in total. The summed E-state index contributed by atoms with van der Waals surface area (Å²) in [7, 11) is 0. The number of amides is 1. The number of aromatic amines is 1. The van der Waals surface area contributed by atoms with Gasteiger partial charge in [0.25, 0.3) is 17.9 Å². The molecule has 1 fully saturated rings. The third-order valence-corrected chi connectivity index (χ3v) is 6.22. The van der Waals surface area contributed by atoms with Crippen LogP contribution >= 0.6 is 0 Å². The molecule has 1 unspecified atom stereocenters. The number of nitrogens with zero attached hydrogens (tertiary/aromatic N) is 4. The molecular weight excluding hydrogens is 430 g/mol. The SMILES string of the molecule is Cc1nc(C(=O)NCC(F)F)ccc1N1CCN(C2C=C(c3ncc(C)c(=O)[nH]3)CC2)CC1. The lowest BCUT2D eigenvalue weighted by Crippen LogP contribution is -2.49. The van der Waals surface area contributed by atoms with Crippen LogP contribution < -0.4 is 15.8 Å². The fourth-order valence-corrected chi connectivity index (χ4v) is 4.38. The van der Waals surface area contributed by atoms with Gasteiger partial charge in [-0.05, 0) is 44.4 Å². The second-order valence-corrected chi connectivity index (χ2v) is 8.47. The number of nitrogens with one attached hydrogen (secondary N) is 2. The maximum Gasteiger partial charge on any atom is 0.270 e. The molecule has 3 heterocycles. The summed E-state index contributed by atoms with van der Waals surface area (Å²) >= 11 is 0. The van der Waals surface area contributed by atoms with E-state index in [1.807, 2.05) is 13.0 Å². The smallest absolute Gasteiger partial charge is 0.270 e. The molecule has 10 heteroatoms. The minimum Gasteiger partial charge on any atom is -0.368 e. The maximum atomic E-state index is 12.3. The molecule has 4 rings (SSSR count). The van der Waals surface area contributed by atoms with Gasteiger partial charge < -0.3 is 15.2 Å². The van der Waals surface area contributed by atoms with Gasteiger partial charge in [-0.3, -0.25) is 14.5 Å². The van der Waals surface area contributed by atoms with E-state index in [0.717, 1.165) is 50.3 Å². The molecule has 0 saturated carbocycles. The number of H-pyrrole nitrogens is 1. The van der Waals surface area contributed by atoms with Crippen LogP contribution in [0.5, 0.6) is 0 Å². The number of hydrogen-bond donors (Lipinski definition) is 2. The van der Waals surface area contributed by atoms with Crippen LogP contribution in [0.2, 0.25) is 0 Å². The van der Waals surface area contributed by atoms with Gasteiger partial charge in [0.2, 0.25) is 0 Å². The topological polar surface area (TPSA) is 94.2 Å². The number of aryl methyl sites for hydroxylation is 2. The van der Waals surface area contributed by atoms with E-state index < -0.39 is 18.9 Å². The lowest BCUT2D eigenvalue weighted by Gasteiger charge is -2.39. The van der Waals surface area contributed by atoms with Gasteiger partial charge in [0, 0.05) is 44.0 Å². The Balaban J connectivity index is 1.36. The molecule has 1 atom stereocenters. The standard InChI is InChI=1S/C23H28F2N6O2/c1-14-12-26-21(29-22(14)32)16-3-4-17(11-16)30-7-9-31(10-8-30)19-6-5-18(28-15(19)2)23(33)27-13-20(24)25/h5-6,11-12,17,20H,3-4,7-10,13H2,1-2H3,(H,27,33)(H,26,29,32). The summed E-state index contributed by atoms with van der Waals surface area (Å²) in [4.78, 5) is 40.1. The van der Waals surface area contributed by atoms with Crippen molar-refractivity contribution in [3.05, 3.63) is 57.5 Å². The minimum atomic E-state index is -2.59. The Kier molecular flexibility index (Phi) is 6.83. The van der Waals surface area contributed by atoms with Crippen molar-refractivity contribution in [3.63, 3.8) is 0 Å². The number of rotatable bonds is 6. The number of pyridine rings is 1. The largest absolute Gasteiger partial charge is 0.368 e. The van der Waals surface area contributed by atoms with E-state index in [1.165, 1.54) is 0 Å². The molecule has 2 aliphatic rings. The lowest BCUT2D eigenvalue weighted by molar-refractivity contribution is 0.0887. The number of halogens is 2. The van der Waals surface area contributed by atoms with Gasteiger partial charge >= 0.3 is 0 Å². The Hall–Kier alpha value is -3.14. The van der Waals surface area contributed by atoms with Crippen LogP contribution in [0.1, 0.15) is 40.4 Å². The maximum absolute atomic E-state index is 12.3. The van der Waals surface area contributed by atoms with Gasteiger partial charge in [0.05, 0.1) is 17.9 Å². The van der Waals surface area contributed by atoms with Crippen molar-refractivity contribution in [1.29, 1.82) is 0 Å². The molecule has 1 aliphatic carbocycles. The number of anilines is 1. The summed E-state index contributed by atoms with van der Waals surface area (Å²) < 4.78 is 24.6. The Morgan fingerprint density at radius 2 is 2.00 bits per heavy atom. The van der Waals surface area contributed by atoms with Crippen LogP contribution in [0.25, 0.3) is 5.57 Å². The predicted molar refractivity (Wildman–Crippen MR) is 122 cm³/mol. The van der Waals surface area contributed by atoms with Gasteiger partial charge in [-0.2, -0.15) is 0 Å². The second-order valence-electron chi connectivity index (χ2n) is 8.47. The Morgan fingerprint density at radius 3 is 2.67 bits per heavy atom. The van der Waals surface area contributed by atoms with Crippen LogP contribution in [-0.2, 0) is 0 Å². The lowest BCUT2D eigenvalue weighted by atomic mass is 10.1. The highest BCUT2D eigenvalue weighted by molar-refractivity contribution is 5.92. The summed E-state index contributed by atoms with van der Waals surface area (Å²) in [5, 5.41) is 2.18. The fraction of sp³-hybridized carbons (Fsp3) is 0.478. The zero-order chi connectivity index (χ0) is 23.5. The first-order chi connectivity index (χ1) is 15.8. The third-order valence-electron chi connectivity index (χ3n) is 6.22. The van der Waals surface area contributed by atoms with Crippen LogP contribution in [0.4, 0.5) is 14.5 Å². The summed E-state index contributed by atoms with van der Waals surface area (Å²) in [6.07, 6.45) is 3.12. The van der Waals surface area contributed by atoms with Gasteiger partial charge in [0.1, 0.15) is 11.5 Å². The first-order valence-electron chi connectivity index (χ1n) is 11.1. The number of allylic oxidation sites excluding steroid dienone is 1. The van der Waals surface area contributed by atoms with Crippen LogP contribution in [0, 0.1) is 13.8 Å². The van der Waals surface area contributed by atoms with Gasteiger partial charge in [-0.15, -0.1) is 0 Å². The van der Waals surface area contributed by atoms with Crippen molar-refractivity contribution >= 4 is 17.2 Å². The van der Waals surface area contributed by atoms with Crippen molar-refractivity contribution in [3.8, 4) is 0 Å². The molecule has 0 spiro atoms. The van der Waals surface area contributed by atoms with Crippen LogP contribution in [-0.4, -0.2) is 71.0 Å². The quantitative estimate of drug-likeness (QED) is 0.689. The number of carbonyl (C=O) groups excluding carboxylic acids is 1. The fourth-order valence-electron chi connectivity index (χ4n) is 4.38. The molecule has 0 aromatic carbocycles. The molecule has 1 amide bonds. The van der Waals surface area contributed by atoms with E-state index in [4.69, 9.17) is 0 Å². The van der Waals surface area contributed by atoms with E-state index >= 15 is 0 Å². The zero-order valence-electron chi connectivity index (χ0n) is 18.8. The summed E-state index contributed by atoms with van der Waals surface area (Å²) in [5.41, 5.74) is 3.38. The average molecular weight is 459 g/mol. The Bertz CT molecular complexity index is 1110. The number of piperazine rings is 1. The summed E-state index contributed by atoms with van der Waals surface area (Å²) in [6.45, 7) is 6.28. The molecule has 2 aromatic heterocycles. The van der Waals surface area contributed by atoms with Crippen LogP contribution in [0.3, 0.4) is 0 Å². The molecule has 2 N–H and O–H groups in total. The average Bonchev–Trinajstić information content (AvgIpc) is 3.29. The van der Waals surface area contributed by atoms with Crippen molar-refractivity contribution in [2.45, 2.75) is 39.2 Å². The first kappa shape index (κ1) is 23.0. The number of alkyl halides is 2. The number of carbonyl (C=O) groups is 1. The molecule has 0 bridgehead atoms. The Morgan fingerprint density at radius 1 is 1.24 bits per heavy atom. The molecule has 1 saturated heterocycles. The van der Waals surface area contributed by atoms with Crippen molar-refractivity contribution < 1.29 is 13.6 Å². The molecule has 2 aromatic rings. The van der Waals surface area contributed by atoms with Crippen molar-refractivity contribution in [2.75, 3.05) is 37.6 Å². The predicted octanol–water partition coefficient (Wildman–Crippen LogP) is 2.14. The third kappa shape index (κ3) is 5.27. The van der Waals surface area contributed by atoms with Gasteiger partial charge in [-0.1, -0.05) is 6.08 Å². The Labute approximate surface area is 190 Å². The van der Waals surface area contributed by atoms with E-state index in [9.17, 15) is 18.4 Å². The van der Waals surface area contributed by atoms with Crippen molar-refractivity contribution in [2.24, 2.45) is 0 Å². The van der Waals surface area contributed by atoms with Gasteiger partial charge in [-0.25, -0.2) is 18.7 Å². The van der Waals surface area contributed by atoms with E-state index in [2.05, 4.69) is 36.1 Å². The summed E-state index contributed by atoms with van der Waals surface area (Å²) in [5.74, 6) is 0.0640. The molecule has 176 valence electrons. The molecule has 33 heavy (non-hydrogen) atoms. The monoisotopic (exact) mass is 458 g/mol. The molecular formula is C23H28F2N6O2. The second kappa shape index (κ2) is 9.78. The van der Waals surface area contributed by atoms with Crippen molar-refractivity contribution in [1.82, 2.24) is 25.2 Å². The number of hydrogen-bond acceptors (Lipinski definition) is 6. The van der Waals surface area contributed by atoms with Gasteiger partial charge in [0.15, 0.2) is 0 Å². The van der Waals surface area contributed by atoms with E-state index in [0.29, 0.717) is 23.1 Å². The highest BCUT2D eigenvalue weighted by Gasteiger charge is 2.28. The normalized spacial score (nSPS) is 19.1. The van der Waals surface area contributed by atoms with Crippen LogP contribution in [0.15, 0.2) is 29.2 Å². The highest BCUT2D eigenvalue weighted by atomic mass is 19.3. The van der Waals surface area contributed by atoms with E-state index in [1.54, 1.807) is 19.2 Å². The van der Waals surface area contributed by atoms with E-state index in [-0.39, 0.29) is 11.3 Å². The highest BCUT2D eigenvalue weighted by Crippen LogP contribution is 2.30. The minimum absolute atomic E-state index is 0.0977. The first-order valence-corrected chi connectivity index (χ1v) is 11.1. The number of aromatic nitrogens is 3. The molecule has 1 aliphatic heterocycles.